The lowest BCUT2D eigenvalue weighted by molar-refractivity contribution is 0.977. The lowest BCUT2D eigenvalue weighted by atomic mass is 10.2. The van der Waals surface area contributed by atoms with Gasteiger partial charge in [-0.15, -0.1) is 0 Å². The van der Waals surface area contributed by atoms with E-state index in [2.05, 4.69) is 23.0 Å². The van der Waals surface area contributed by atoms with E-state index in [0.29, 0.717) is 0 Å². The summed E-state index contributed by atoms with van der Waals surface area (Å²) in [6.45, 7) is 6.12. The molecular formula is C12H17N3. The number of rotatable bonds is 2. The van der Waals surface area contributed by atoms with E-state index in [9.17, 15) is 0 Å². The highest BCUT2D eigenvalue weighted by atomic mass is 15.1. The maximum atomic E-state index is 4.31. The van der Waals surface area contributed by atoms with Crippen LogP contribution >= 0.6 is 0 Å². The van der Waals surface area contributed by atoms with Crippen LogP contribution in [0.1, 0.15) is 26.3 Å². The first kappa shape index (κ1) is 11.4. The summed E-state index contributed by atoms with van der Waals surface area (Å²) in [5, 5.41) is 0. The molecule has 15 heavy (non-hydrogen) atoms. The molecule has 2 aromatic heterocycles. The molecule has 0 aromatic carbocycles. The average molecular weight is 203 g/mol. The fourth-order valence-electron chi connectivity index (χ4n) is 1.17. The molecule has 3 nitrogen and oxygen atoms in total. The Morgan fingerprint density at radius 3 is 2.53 bits per heavy atom. The van der Waals surface area contributed by atoms with Crippen molar-refractivity contribution in [2.24, 2.45) is 0 Å². The van der Waals surface area contributed by atoms with Crippen LogP contribution < -0.4 is 0 Å². The molecule has 0 radical (unpaired) electrons. The number of nitrogens with zero attached hydrogens (tertiary/aromatic N) is 3. The van der Waals surface area contributed by atoms with Gasteiger partial charge < -0.3 is 0 Å². The molecule has 3 heteroatoms. The SMILES string of the molecule is CC.CCc1ccc(-n2ccnc2)nc1. The van der Waals surface area contributed by atoms with Crippen molar-refractivity contribution in [3.8, 4) is 5.82 Å². The Hall–Kier alpha value is -1.64. The predicted molar refractivity (Wildman–Crippen MR) is 62.1 cm³/mol. The van der Waals surface area contributed by atoms with E-state index >= 15 is 0 Å². The Labute approximate surface area is 90.8 Å². The highest BCUT2D eigenvalue weighted by molar-refractivity contribution is 5.25. The highest BCUT2D eigenvalue weighted by Crippen LogP contribution is 2.05. The first-order chi connectivity index (χ1) is 7.40. The lowest BCUT2D eigenvalue weighted by Gasteiger charge is -2.01. The molecule has 0 amide bonds. The van der Waals surface area contributed by atoms with Gasteiger partial charge in [0.05, 0.1) is 0 Å². The van der Waals surface area contributed by atoms with Gasteiger partial charge in [-0.1, -0.05) is 26.8 Å². The summed E-state index contributed by atoms with van der Waals surface area (Å²) in [6, 6.07) is 4.09. The third kappa shape index (κ3) is 2.91. The van der Waals surface area contributed by atoms with E-state index in [1.54, 1.807) is 12.5 Å². The van der Waals surface area contributed by atoms with Crippen LogP contribution in [0, 0.1) is 0 Å². The van der Waals surface area contributed by atoms with Gasteiger partial charge in [0, 0.05) is 18.6 Å². The number of aromatic nitrogens is 3. The van der Waals surface area contributed by atoms with Crippen LogP contribution in [-0.4, -0.2) is 14.5 Å². The third-order valence-electron chi connectivity index (χ3n) is 1.99. The maximum Gasteiger partial charge on any atom is 0.137 e. The van der Waals surface area contributed by atoms with Crippen molar-refractivity contribution in [1.29, 1.82) is 0 Å². The number of pyridine rings is 1. The zero-order valence-corrected chi connectivity index (χ0v) is 9.51. The van der Waals surface area contributed by atoms with Gasteiger partial charge in [0.1, 0.15) is 12.1 Å². The quantitative estimate of drug-likeness (QED) is 0.751. The van der Waals surface area contributed by atoms with E-state index in [4.69, 9.17) is 0 Å². The molecule has 0 fully saturated rings. The van der Waals surface area contributed by atoms with E-state index < -0.39 is 0 Å². The molecule has 0 N–H and O–H groups in total. The van der Waals surface area contributed by atoms with E-state index in [1.807, 2.05) is 36.9 Å². The highest BCUT2D eigenvalue weighted by Gasteiger charge is 1.95. The maximum absolute atomic E-state index is 4.31. The van der Waals surface area contributed by atoms with E-state index in [1.165, 1.54) is 5.56 Å². The van der Waals surface area contributed by atoms with Crippen molar-refractivity contribution in [3.63, 3.8) is 0 Å². The zero-order chi connectivity index (χ0) is 11.1. The monoisotopic (exact) mass is 203 g/mol. The lowest BCUT2D eigenvalue weighted by Crippen LogP contribution is -1.94. The minimum atomic E-state index is 0.912. The molecule has 0 saturated carbocycles. The van der Waals surface area contributed by atoms with Gasteiger partial charge in [0.2, 0.25) is 0 Å². The molecule has 0 unspecified atom stereocenters. The Bertz CT molecular complexity index is 362. The Kier molecular flexibility index (Phi) is 4.54. The summed E-state index contributed by atoms with van der Waals surface area (Å²) < 4.78 is 1.89. The molecule has 0 aliphatic heterocycles. The van der Waals surface area contributed by atoms with Crippen LogP contribution in [0.4, 0.5) is 0 Å². The van der Waals surface area contributed by atoms with Gasteiger partial charge >= 0.3 is 0 Å². The standard InChI is InChI=1S/C10H11N3.C2H6/c1-2-9-3-4-10(12-7-9)13-6-5-11-8-13;1-2/h3-8H,2H2,1H3;1-2H3. The Morgan fingerprint density at radius 1 is 1.27 bits per heavy atom. The Balaban J connectivity index is 0.000000531. The predicted octanol–water partition coefficient (Wildman–Crippen LogP) is 2.86. The van der Waals surface area contributed by atoms with Gasteiger partial charge in [-0.25, -0.2) is 9.97 Å². The van der Waals surface area contributed by atoms with Gasteiger partial charge in [-0.05, 0) is 18.1 Å². The topological polar surface area (TPSA) is 30.7 Å². The van der Waals surface area contributed by atoms with Gasteiger partial charge in [0.15, 0.2) is 0 Å². The summed E-state index contributed by atoms with van der Waals surface area (Å²) in [5.41, 5.74) is 1.25. The molecular weight excluding hydrogens is 186 g/mol. The molecule has 2 rings (SSSR count). The van der Waals surface area contributed by atoms with Crippen molar-refractivity contribution in [3.05, 3.63) is 42.6 Å². The fourth-order valence-corrected chi connectivity index (χ4v) is 1.17. The summed E-state index contributed by atoms with van der Waals surface area (Å²) in [4.78, 5) is 8.28. The van der Waals surface area contributed by atoms with E-state index in [0.717, 1.165) is 12.2 Å². The normalized spacial score (nSPS) is 9.27. The number of hydrogen-bond acceptors (Lipinski definition) is 2. The van der Waals surface area contributed by atoms with Gasteiger partial charge in [-0.3, -0.25) is 4.57 Å². The first-order valence-electron chi connectivity index (χ1n) is 5.33. The number of imidazole rings is 1. The number of hydrogen-bond donors (Lipinski definition) is 0. The second kappa shape index (κ2) is 5.96. The number of aryl methyl sites for hydroxylation is 1. The van der Waals surface area contributed by atoms with Crippen LogP contribution in [0.2, 0.25) is 0 Å². The van der Waals surface area contributed by atoms with Crippen molar-refractivity contribution in [1.82, 2.24) is 14.5 Å². The molecule has 2 aromatic rings. The van der Waals surface area contributed by atoms with Crippen LogP contribution in [0.5, 0.6) is 0 Å². The molecule has 0 atom stereocenters. The Morgan fingerprint density at radius 2 is 2.07 bits per heavy atom. The molecule has 0 aliphatic rings. The second-order valence-corrected chi connectivity index (χ2v) is 2.85. The zero-order valence-electron chi connectivity index (χ0n) is 9.51. The van der Waals surface area contributed by atoms with E-state index in [-0.39, 0.29) is 0 Å². The summed E-state index contributed by atoms with van der Waals surface area (Å²) in [6.07, 6.45) is 8.30. The minimum Gasteiger partial charge on any atom is -0.291 e. The van der Waals surface area contributed by atoms with Crippen LogP contribution in [-0.2, 0) is 6.42 Å². The van der Waals surface area contributed by atoms with Crippen molar-refractivity contribution < 1.29 is 0 Å². The van der Waals surface area contributed by atoms with Crippen LogP contribution in [0.3, 0.4) is 0 Å². The molecule has 0 bridgehead atoms. The minimum absolute atomic E-state index is 0.912. The van der Waals surface area contributed by atoms with Gasteiger partial charge in [-0.2, -0.15) is 0 Å². The summed E-state index contributed by atoms with van der Waals surface area (Å²) in [5.74, 6) is 0.912. The first-order valence-corrected chi connectivity index (χ1v) is 5.33. The fraction of sp³-hybridized carbons (Fsp3) is 0.333. The summed E-state index contributed by atoms with van der Waals surface area (Å²) >= 11 is 0. The molecule has 80 valence electrons. The summed E-state index contributed by atoms with van der Waals surface area (Å²) in [7, 11) is 0. The molecule has 0 aliphatic carbocycles. The van der Waals surface area contributed by atoms with Crippen molar-refractivity contribution in [2.45, 2.75) is 27.2 Å². The average Bonchev–Trinajstić information content (AvgIpc) is 2.85. The smallest absolute Gasteiger partial charge is 0.137 e. The van der Waals surface area contributed by atoms with Crippen LogP contribution in [0.25, 0.3) is 5.82 Å². The molecule has 0 saturated heterocycles. The largest absolute Gasteiger partial charge is 0.291 e. The van der Waals surface area contributed by atoms with Crippen molar-refractivity contribution >= 4 is 0 Å². The third-order valence-corrected chi connectivity index (χ3v) is 1.99. The van der Waals surface area contributed by atoms with Gasteiger partial charge in [0.25, 0.3) is 0 Å². The molecule has 2 heterocycles. The molecule has 0 spiro atoms. The second-order valence-electron chi connectivity index (χ2n) is 2.85. The van der Waals surface area contributed by atoms with Crippen molar-refractivity contribution in [2.75, 3.05) is 0 Å². The van der Waals surface area contributed by atoms with Crippen LogP contribution in [0.15, 0.2) is 37.1 Å².